The van der Waals surface area contributed by atoms with Gasteiger partial charge in [0, 0.05) is 6.54 Å². The predicted molar refractivity (Wildman–Crippen MR) is 111 cm³/mol. The fourth-order valence-corrected chi connectivity index (χ4v) is 4.31. The first-order valence-electron chi connectivity index (χ1n) is 9.33. The highest BCUT2D eigenvalue weighted by atomic mass is 32.2. The van der Waals surface area contributed by atoms with Crippen LogP contribution in [-0.2, 0) is 14.3 Å². The standard InChI is InChI=1S/C22H29NO2S/c1-4-23(5-2)17-18-25-21(24)22(26-6-3,19-13-9-7-10-14-19)20-15-11-8-12-16-20/h7-16H,4-6,17-18H2,1-3H3. The Hall–Kier alpha value is -1.78. The van der Waals surface area contributed by atoms with Crippen LogP contribution >= 0.6 is 11.8 Å². The van der Waals surface area contributed by atoms with E-state index in [-0.39, 0.29) is 5.97 Å². The summed E-state index contributed by atoms with van der Waals surface area (Å²) >= 11 is 1.62. The molecule has 0 radical (unpaired) electrons. The Kier molecular flexibility index (Phi) is 8.20. The molecule has 140 valence electrons. The van der Waals surface area contributed by atoms with Crippen molar-refractivity contribution in [3.63, 3.8) is 0 Å². The maximum Gasteiger partial charge on any atom is 0.331 e. The van der Waals surface area contributed by atoms with Gasteiger partial charge in [-0.05, 0) is 30.0 Å². The molecular weight excluding hydrogens is 342 g/mol. The fourth-order valence-electron chi connectivity index (χ4n) is 3.10. The second kappa shape index (κ2) is 10.4. The Bertz CT molecular complexity index is 617. The van der Waals surface area contributed by atoms with Crippen LogP contribution in [-0.4, -0.2) is 42.9 Å². The van der Waals surface area contributed by atoms with Crippen molar-refractivity contribution in [1.29, 1.82) is 0 Å². The molecule has 26 heavy (non-hydrogen) atoms. The van der Waals surface area contributed by atoms with Crippen LogP contribution in [0.25, 0.3) is 0 Å². The van der Waals surface area contributed by atoms with Crippen molar-refractivity contribution < 1.29 is 9.53 Å². The third kappa shape index (κ3) is 4.68. The Labute approximate surface area is 161 Å². The number of hydrogen-bond acceptors (Lipinski definition) is 4. The SMILES string of the molecule is CCSC(C(=O)OCCN(CC)CC)(c1ccccc1)c1ccccc1. The van der Waals surface area contributed by atoms with E-state index in [4.69, 9.17) is 4.74 Å². The van der Waals surface area contributed by atoms with Crippen molar-refractivity contribution in [2.45, 2.75) is 25.5 Å². The van der Waals surface area contributed by atoms with E-state index in [1.807, 2.05) is 60.7 Å². The van der Waals surface area contributed by atoms with Gasteiger partial charge in [0.15, 0.2) is 4.75 Å². The van der Waals surface area contributed by atoms with Crippen LogP contribution in [0.15, 0.2) is 60.7 Å². The number of likely N-dealkylation sites (N-methyl/N-ethyl adjacent to an activating group) is 1. The maximum atomic E-state index is 13.4. The van der Waals surface area contributed by atoms with Crippen molar-refractivity contribution in [1.82, 2.24) is 4.90 Å². The summed E-state index contributed by atoms with van der Waals surface area (Å²) in [4.78, 5) is 15.6. The van der Waals surface area contributed by atoms with Crippen molar-refractivity contribution in [3.8, 4) is 0 Å². The molecule has 0 saturated carbocycles. The average Bonchev–Trinajstić information content (AvgIpc) is 2.70. The minimum absolute atomic E-state index is 0.186. The largest absolute Gasteiger partial charge is 0.463 e. The molecule has 0 amide bonds. The van der Waals surface area contributed by atoms with Gasteiger partial charge in [0.05, 0.1) is 0 Å². The molecule has 2 rings (SSSR count). The Balaban J connectivity index is 2.35. The van der Waals surface area contributed by atoms with Crippen molar-refractivity contribution >= 4 is 17.7 Å². The van der Waals surface area contributed by atoms with E-state index in [1.54, 1.807) is 11.8 Å². The van der Waals surface area contributed by atoms with Gasteiger partial charge in [0.2, 0.25) is 0 Å². The number of nitrogens with zero attached hydrogens (tertiary/aromatic N) is 1. The summed E-state index contributed by atoms with van der Waals surface area (Å²) in [6, 6.07) is 19.9. The fraction of sp³-hybridized carbons (Fsp3) is 0.409. The van der Waals surface area contributed by atoms with E-state index in [2.05, 4.69) is 25.7 Å². The molecule has 2 aromatic carbocycles. The number of ether oxygens (including phenoxy) is 1. The zero-order valence-corrected chi connectivity index (χ0v) is 16.8. The molecule has 0 atom stereocenters. The van der Waals surface area contributed by atoms with Gasteiger partial charge in [0.25, 0.3) is 0 Å². The van der Waals surface area contributed by atoms with E-state index in [1.165, 1.54) is 0 Å². The molecule has 0 aliphatic carbocycles. The monoisotopic (exact) mass is 371 g/mol. The quantitative estimate of drug-likeness (QED) is 0.572. The second-order valence-corrected chi connectivity index (χ2v) is 7.49. The summed E-state index contributed by atoms with van der Waals surface area (Å²) in [5.41, 5.74) is 1.93. The Morgan fingerprint density at radius 2 is 1.42 bits per heavy atom. The predicted octanol–water partition coefficient (Wildman–Crippen LogP) is 4.57. The molecule has 0 heterocycles. The number of thioether (sulfide) groups is 1. The van der Waals surface area contributed by atoms with Gasteiger partial charge < -0.3 is 9.64 Å². The van der Waals surface area contributed by atoms with Crippen LogP contribution in [0.2, 0.25) is 0 Å². The minimum atomic E-state index is -0.833. The van der Waals surface area contributed by atoms with Crippen molar-refractivity contribution in [2.24, 2.45) is 0 Å². The minimum Gasteiger partial charge on any atom is -0.463 e. The highest BCUT2D eigenvalue weighted by Gasteiger charge is 2.43. The Morgan fingerprint density at radius 3 is 1.85 bits per heavy atom. The van der Waals surface area contributed by atoms with Gasteiger partial charge in [-0.1, -0.05) is 81.4 Å². The summed E-state index contributed by atoms with van der Waals surface area (Å²) in [5.74, 6) is 0.628. The van der Waals surface area contributed by atoms with E-state index < -0.39 is 4.75 Å². The highest BCUT2D eigenvalue weighted by Crippen LogP contribution is 2.43. The number of carbonyl (C=O) groups excluding carboxylic acids is 1. The van der Waals surface area contributed by atoms with Gasteiger partial charge in [0.1, 0.15) is 6.61 Å². The van der Waals surface area contributed by atoms with Gasteiger partial charge in [-0.25, -0.2) is 4.79 Å². The summed E-state index contributed by atoms with van der Waals surface area (Å²) < 4.78 is 4.97. The van der Waals surface area contributed by atoms with Crippen LogP contribution in [0, 0.1) is 0 Å². The molecule has 0 aliphatic heterocycles. The molecule has 0 N–H and O–H groups in total. The lowest BCUT2D eigenvalue weighted by molar-refractivity contribution is -0.146. The van der Waals surface area contributed by atoms with Crippen LogP contribution in [0.1, 0.15) is 31.9 Å². The van der Waals surface area contributed by atoms with Gasteiger partial charge in [-0.3, -0.25) is 0 Å². The smallest absolute Gasteiger partial charge is 0.331 e. The molecule has 4 heteroatoms. The zero-order valence-electron chi connectivity index (χ0n) is 16.0. The third-order valence-electron chi connectivity index (χ3n) is 4.54. The molecule has 0 saturated heterocycles. The summed E-state index contributed by atoms with van der Waals surface area (Å²) in [6.07, 6.45) is 0. The first-order chi connectivity index (χ1) is 12.7. The lowest BCUT2D eigenvalue weighted by Crippen LogP contribution is -2.37. The van der Waals surface area contributed by atoms with Crippen molar-refractivity contribution in [3.05, 3.63) is 71.8 Å². The first kappa shape index (κ1) is 20.5. The Morgan fingerprint density at radius 1 is 0.923 bits per heavy atom. The topological polar surface area (TPSA) is 29.5 Å². The summed E-state index contributed by atoms with van der Waals surface area (Å²) in [7, 11) is 0. The number of rotatable bonds is 10. The molecule has 0 bridgehead atoms. The second-order valence-electron chi connectivity index (χ2n) is 6.01. The number of benzene rings is 2. The molecule has 2 aromatic rings. The molecule has 0 fully saturated rings. The van der Waals surface area contributed by atoms with Crippen LogP contribution < -0.4 is 0 Å². The molecule has 0 aliphatic rings. The number of carbonyl (C=O) groups is 1. The molecule has 0 aromatic heterocycles. The van der Waals surface area contributed by atoms with E-state index in [9.17, 15) is 4.79 Å². The lowest BCUT2D eigenvalue weighted by Gasteiger charge is -2.32. The van der Waals surface area contributed by atoms with Crippen molar-refractivity contribution in [2.75, 3.05) is 32.0 Å². The van der Waals surface area contributed by atoms with Crippen LogP contribution in [0.4, 0.5) is 0 Å². The lowest BCUT2D eigenvalue weighted by atomic mass is 9.90. The van der Waals surface area contributed by atoms with Crippen LogP contribution in [0.3, 0.4) is 0 Å². The zero-order chi connectivity index (χ0) is 18.8. The number of esters is 1. The summed E-state index contributed by atoms with van der Waals surface area (Å²) in [6.45, 7) is 9.41. The molecule has 0 unspecified atom stereocenters. The van der Waals surface area contributed by atoms with Gasteiger partial charge in [-0.15, -0.1) is 11.8 Å². The van der Waals surface area contributed by atoms with E-state index in [0.29, 0.717) is 6.61 Å². The number of hydrogen-bond donors (Lipinski definition) is 0. The normalized spacial score (nSPS) is 11.5. The molecule has 0 spiro atoms. The molecule has 3 nitrogen and oxygen atoms in total. The van der Waals surface area contributed by atoms with E-state index >= 15 is 0 Å². The molecular formula is C22H29NO2S. The summed E-state index contributed by atoms with van der Waals surface area (Å²) in [5, 5.41) is 0. The first-order valence-corrected chi connectivity index (χ1v) is 10.3. The highest BCUT2D eigenvalue weighted by molar-refractivity contribution is 8.01. The maximum absolute atomic E-state index is 13.4. The average molecular weight is 372 g/mol. The van der Waals surface area contributed by atoms with Crippen LogP contribution in [0.5, 0.6) is 0 Å². The van der Waals surface area contributed by atoms with Gasteiger partial charge >= 0.3 is 5.97 Å². The van der Waals surface area contributed by atoms with E-state index in [0.717, 1.165) is 36.5 Å². The third-order valence-corrected chi connectivity index (χ3v) is 5.90. The van der Waals surface area contributed by atoms with Gasteiger partial charge in [-0.2, -0.15) is 0 Å².